The Balaban J connectivity index is 1.61. The Kier molecular flexibility index (Phi) is 5.74. The van der Waals surface area contributed by atoms with E-state index in [0.717, 1.165) is 17.1 Å². The summed E-state index contributed by atoms with van der Waals surface area (Å²) in [6, 6.07) is 7.14. The third-order valence-corrected chi connectivity index (χ3v) is 5.29. The highest BCUT2D eigenvalue weighted by Gasteiger charge is 2.32. The summed E-state index contributed by atoms with van der Waals surface area (Å²) < 4.78 is 3.98. The topological polar surface area (TPSA) is 88.1 Å². The molecule has 0 aliphatic carbocycles. The minimum Gasteiger partial charge on any atom is -0.299 e. The van der Waals surface area contributed by atoms with Gasteiger partial charge in [-0.3, -0.25) is 19.8 Å². The first-order chi connectivity index (χ1) is 12.0. The van der Waals surface area contributed by atoms with Crippen molar-refractivity contribution in [1.29, 1.82) is 0 Å². The minimum absolute atomic E-state index is 0.0975. The SMILES string of the molecule is O=C(CCN1C(=O)/C(=C/c2ccc(Cl)cc2)SC1=S)Nc1nnns1. The summed E-state index contributed by atoms with van der Waals surface area (Å²) in [5.41, 5.74) is 0.853. The number of rotatable bonds is 5. The molecule has 0 spiro atoms. The molecule has 0 atom stereocenters. The molecule has 1 saturated heterocycles. The third kappa shape index (κ3) is 4.60. The smallest absolute Gasteiger partial charge is 0.266 e. The van der Waals surface area contributed by atoms with Gasteiger partial charge in [-0.2, -0.15) is 0 Å². The predicted molar refractivity (Wildman–Crippen MR) is 102 cm³/mol. The van der Waals surface area contributed by atoms with Gasteiger partial charge in [-0.25, -0.2) is 0 Å². The average molecular weight is 412 g/mol. The molecule has 0 bridgehead atoms. The maximum absolute atomic E-state index is 12.5. The van der Waals surface area contributed by atoms with E-state index in [2.05, 4.69) is 20.1 Å². The van der Waals surface area contributed by atoms with Crippen LogP contribution < -0.4 is 5.32 Å². The molecule has 1 N–H and O–H groups in total. The number of benzene rings is 1. The minimum atomic E-state index is -0.283. The maximum Gasteiger partial charge on any atom is 0.266 e. The Morgan fingerprint density at radius 3 is 2.80 bits per heavy atom. The zero-order chi connectivity index (χ0) is 17.8. The van der Waals surface area contributed by atoms with Gasteiger partial charge in [0.05, 0.1) is 4.91 Å². The van der Waals surface area contributed by atoms with Gasteiger partial charge in [-0.15, -0.1) is 0 Å². The van der Waals surface area contributed by atoms with E-state index in [9.17, 15) is 9.59 Å². The van der Waals surface area contributed by atoms with Crippen LogP contribution in [0, 0.1) is 0 Å². The number of aromatic nitrogens is 3. The molecule has 11 heteroatoms. The van der Waals surface area contributed by atoms with Crippen molar-refractivity contribution in [2.24, 2.45) is 0 Å². The molecule has 1 aromatic carbocycles. The van der Waals surface area contributed by atoms with Crippen LogP contribution in [0.1, 0.15) is 12.0 Å². The lowest BCUT2D eigenvalue weighted by Crippen LogP contribution is -2.31. The molecule has 128 valence electrons. The van der Waals surface area contributed by atoms with Gasteiger partial charge >= 0.3 is 0 Å². The first kappa shape index (κ1) is 17.9. The summed E-state index contributed by atoms with van der Waals surface area (Å²) in [5, 5.41) is 10.5. The Morgan fingerprint density at radius 1 is 1.36 bits per heavy atom. The van der Waals surface area contributed by atoms with Gasteiger partial charge in [0, 0.05) is 29.5 Å². The fourth-order valence-electron chi connectivity index (χ4n) is 1.98. The van der Waals surface area contributed by atoms with Gasteiger partial charge in [0.25, 0.3) is 5.91 Å². The van der Waals surface area contributed by atoms with Crippen molar-refractivity contribution < 1.29 is 9.59 Å². The van der Waals surface area contributed by atoms with Crippen molar-refractivity contribution in [1.82, 2.24) is 19.7 Å². The largest absolute Gasteiger partial charge is 0.299 e. The van der Waals surface area contributed by atoms with E-state index in [1.54, 1.807) is 18.2 Å². The summed E-state index contributed by atoms with van der Waals surface area (Å²) in [4.78, 5) is 26.3. The molecular formula is C14H10ClN5O2S3. The monoisotopic (exact) mass is 411 g/mol. The predicted octanol–water partition coefficient (Wildman–Crippen LogP) is 2.82. The summed E-state index contributed by atoms with van der Waals surface area (Å²) in [6.07, 6.45) is 1.85. The first-order valence-corrected chi connectivity index (χ1v) is 9.36. The van der Waals surface area contributed by atoms with Gasteiger partial charge in [0.1, 0.15) is 4.32 Å². The van der Waals surface area contributed by atoms with E-state index >= 15 is 0 Å². The van der Waals surface area contributed by atoms with Gasteiger partial charge in [0.15, 0.2) is 0 Å². The van der Waals surface area contributed by atoms with Crippen molar-refractivity contribution in [3.8, 4) is 0 Å². The van der Waals surface area contributed by atoms with Crippen molar-refractivity contribution in [2.45, 2.75) is 6.42 Å². The van der Waals surface area contributed by atoms with E-state index in [4.69, 9.17) is 23.8 Å². The van der Waals surface area contributed by atoms with E-state index in [0.29, 0.717) is 19.4 Å². The summed E-state index contributed by atoms with van der Waals surface area (Å²) in [5.74, 6) is -0.496. The molecule has 3 rings (SSSR count). The number of nitrogens with zero attached hydrogens (tertiary/aromatic N) is 4. The van der Waals surface area contributed by atoms with Gasteiger partial charge < -0.3 is 0 Å². The number of halogens is 1. The van der Waals surface area contributed by atoms with Crippen LogP contribution in [0.4, 0.5) is 5.13 Å². The van der Waals surface area contributed by atoms with Crippen molar-refractivity contribution in [2.75, 3.05) is 11.9 Å². The van der Waals surface area contributed by atoms with Crippen molar-refractivity contribution in [3.05, 3.63) is 39.8 Å². The summed E-state index contributed by atoms with van der Waals surface area (Å²) in [6.45, 7) is 0.195. The number of thiocarbonyl (C=S) groups is 1. The van der Waals surface area contributed by atoms with Crippen LogP contribution in [0.15, 0.2) is 29.2 Å². The lowest BCUT2D eigenvalue weighted by atomic mass is 10.2. The fraction of sp³-hybridized carbons (Fsp3) is 0.143. The van der Waals surface area contributed by atoms with Crippen LogP contribution in [0.25, 0.3) is 6.08 Å². The molecule has 0 unspecified atom stereocenters. The highest BCUT2D eigenvalue weighted by molar-refractivity contribution is 8.26. The zero-order valence-corrected chi connectivity index (χ0v) is 15.7. The van der Waals surface area contributed by atoms with E-state index < -0.39 is 0 Å². The highest BCUT2D eigenvalue weighted by Crippen LogP contribution is 2.32. The lowest BCUT2D eigenvalue weighted by molar-refractivity contribution is -0.122. The standard InChI is InChI=1S/C14H10ClN5O2S3/c15-9-3-1-8(2-4-9)7-10-12(22)20(14(23)24-10)6-5-11(21)16-13-17-18-19-25-13/h1-4,7H,5-6H2,(H,16,17,19,21)/b10-7-. The Hall–Kier alpha value is -1.88. The number of carbonyl (C=O) groups excluding carboxylic acids is 2. The quantitative estimate of drug-likeness (QED) is 0.597. The first-order valence-electron chi connectivity index (χ1n) is 6.99. The van der Waals surface area contributed by atoms with Crippen LogP contribution in [-0.4, -0.2) is 42.4 Å². The van der Waals surface area contributed by atoms with Crippen LogP contribution in [-0.2, 0) is 9.59 Å². The van der Waals surface area contributed by atoms with Gasteiger partial charge in [0.2, 0.25) is 11.0 Å². The number of amides is 2. The van der Waals surface area contributed by atoms with Crippen LogP contribution in [0.2, 0.25) is 5.02 Å². The van der Waals surface area contributed by atoms with Gasteiger partial charge in [-0.05, 0) is 29.0 Å². The third-order valence-electron chi connectivity index (χ3n) is 3.15. The molecule has 2 amide bonds. The van der Waals surface area contributed by atoms with Crippen LogP contribution >= 0.6 is 47.1 Å². The normalized spacial score (nSPS) is 15.9. The molecule has 7 nitrogen and oxygen atoms in total. The van der Waals surface area contributed by atoms with E-state index in [1.165, 1.54) is 16.7 Å². The van der Waals surface area contributed by atoms with Crippen molar-refractivity contribution in [3.63, 3.8) is 0 Å². The number of thioether (sulfide) groups is 1. The van der Waals surface area contributed by atoms with E-state index in [1.807, 2.05) is 12.1 Å². The molecule has 2 heterocycles. The molecule has 1 fully saturated rings. The number of hydrogen-bond donors (Lipinski definition) is 1. The number of carbonyl (C=O) groups is 2. The number of hydrogen-bond acceptors (Lipinski definition) is 8. The second-order valence-electron chi connectivity index (χ2n) is 4.85. The Labute approximate surface area is 161 Å². The van der Waals surface area contributed by atoms with E-state index in [-0.39, 0.29) is 24.8 Å². The van der Waals surface area contributed by atoms with Crippen molar-refractivity contribution >= 4 is 74.5 Å². The summed E-state index contributed by atoms with van der Waals surface area (Å²) in [7, 11) is 0. The zero-order valence-electron chi connectivity index (χ0n) is 12.5. The second kappa shape index (κ2) is 8.00. The second-order valence-corrected chi connectivity index (χ2v) is 7.70. The van der Waals surface area contributed by atoms with Gasteiger partial charge in [-0.1, -0.05) is 57.3 Å². The lowest BCUT2D eigenvalue weighted by Gasteiger charge is -2.13. The molecule has 0 saturated carbocycles. The Morgan fingerprint density at radius 2 is 2.12 bits per heavy atom. The summed E-state index contributed by atoms with van der Waals surface area (Å²) >= 11 is 13.3. The molecule has 1 aliphatic rings. The maximum atomic E-state index is 12.5. The average Bonchev–Trinajstić information content (AvgIpc) is 3.17. The molecule has 2 aromatic rings. The molecule has 25 heavy (non-hydrogen) atoms. The highest BCUT2D eigenvalue weighted by atomic mass is 35.5. The number of anilines is 1. The van der Waals surface area contributed by atoms with Crippen LogP contribution in [0.3, 0.4) is 0 Å². The Bertz CT molecular complexity index is 839. The molecule has 0 radical (unpaired) electrons. The fourth-order valence-corrected chi connectivity index (χ4v) is 3.80. The molecule has 1 aliphatic heterocycles. The molecular weight excluding hydrogens is 402 g/mol. The number of nitrogens with one attached hydrogen (secondary N) is 1. The molecule has 1 aromatic heterocycles. The van der Waals surface area contributed by atoms with Crippen LogP contribution in [0.5, 0.6) is 0 Å².